The molecule has 0 aliphatic heterocycles. The van der Waals surface area contributed by atoms with Crippen molar-refractivity contribution in [2.24, 2.45) is 5.92 Å². The van der Waals surface area contributed by atoms with Gasteiger partial charge in [0.25, 0.3) is 0 Å². The molecule has 0 saturated carbocycles. The van der Waals surface area contributed by atoms with Gasteiger partial charge in [0, 0.05) is 18.4 Å². The lowest BCUT2D eigenvalue weighted by molar-refractivity contribution is 0.439. The van der Waals surface area contributed by atoms with Crippen molar-refractivity contribution in [2.45, 2.75) is 53.0 Å². The summed E-state index contributed by atoms with van der Waals surface area (Å²) < 4.78 is 0. The Labute approximate surface area is 106 Å². The fourth-order valence-corrected chi connectivity index (χ4v) is 2.06. The Morgan fingerprint density at radius 2 is 2.06 bits per heavy atom. The second-order valence-corrected chi connectivity index (χ2v) is 5.21. The first-order valence-electron chi connectivity index (χ1n) is 6.79. The Balaban J connectivity index is 2.71. The molecule has 0 fully saturated rings. The normalized spacial score (nSPS) is 13.0. The van der Waals surface area contributed by atoms with Crippen molar-refractivity contribution >= 4 is 0 Å². The summed E-state index contributed by atoms with van der Waals surface area (Å²) in [7, 11) is 0. The molecule has 1 unspecified atom stereocenters. The lowest BCUT2D eigenvalue weighted by Crippen LogP contribution is -2.23. The third-order valence-corrected chi connectivity index (χ3v) is 3.11. The van der Waals surface area contributed by atoms with Crippen LogP contribution in [0.2, 0.25) is 0 Å². The van der Waals surface area contributed by atoms with Crippen LogP contribution >= 0.6 is 0 Å². The topological polar surface area (TPSA) is 24.9 Å². The zero-order chi connectivity index (χ0) is 12.7. The highest BCUT2D eigenvalue weighted by molar-refractivity contribution is 5.25. The van der Waals surface area contributed by atoms with Gasteiger partial charge in [-0.25, -0.2) is 0 Å². The molecule has 17 heavy (non-hydrogen) atoms. The second kappa shape index (κ2) is 7.44. The quantitative estimate of drug-likeness (QED) is 0.774. The van der Waals surface area contributed by atoms with Crippen molar-refractivity contribution in [2.75, 3.05) is 6.54 Å². The highest BCUT2D eigenvalue weighted by Gasteiger charge is 2.13. The molecule has 0 aromatic carbocycles. The average Bonchev–Trinajstić information content (AvgIpc) is 2.30. The molecule has 0 radical (unpaired) electrons. The zero-order valence-corrected chi connectivity index (χ0v) is 11.7. The standard InChI is InChI=1S/C15H26N2/c1-5-9-17-15(7-6-12(2)3)14-8-10-16-11-13(14)4/h8,10-12,15,17H,5-7,9H2,1-4H3. The van der Waals surface area contributed by atoms with E-state index in [-0.39, 0.29) is 0 Å². The van der Waals surface area contributed by atoms with Gasteiger partial charge in [0.05, 0.1) is 0 Å². The molecule has 0 spiro atoms. The van der Waals surface area contributed by atoms with Crippen molar-refractivity contribution in [3.8, 4) is 0 Å². The number of rotatable bonds is 7. The SMILES string of the molecule is CCCNC(CCC(C)C)c1ccncc1C. The molecular weight excluding hydrogens is 208 g/mol. The van der Waals surface area contributed by atoms with Crippen LogP contribution in [0.25, 0.3) is 0 Å². The summed E-state index contributed by atoms with van der Waals surface area (Å²) in [5, 5.41) is 3.65. The maximum atomic E-state index is 4.18. The first kappa shape index (κ1) is 14.2. The Morgan fingerprint density at radius 3 is 2.65 bits per heavy atom. The van der Waals surface area contributed by atoms with Gasteiger partial charge in [-0.2, -0.15) is 0 Å². The minimum Gasteiger partial charge on any atom is -0.310 e. The summed E-state index contributed by atoms with van der Waals surface area (Å²) in [5.41, 5.74) is 2.71. The maximum absolute atomic E-state index is 4.18. The molecule has 1 heterocycles. The number of aromatic nitrogens is 1. The van der Waals surface area contributed by atoms with Crippen LogP contribution in [-0.4, -0.2) is 11.5 Å². The van der Waals surface area contributed by atoms with E-state index in [4.69, 9.17) is 0 Å². The van der Waals surface area contributed by atoms with Gasteiger partial charge >= 0.3 is 0 Å². The molecule has 1 aromatic rings. The lowest BCUT2D eigenvalue weighted by Gasteiger charge is -2.21. The molecule has 1 N–H and O–H groups in total. The van der Waals surface area contributed by atoms with E-state index in [2.05, 4.69) is 44.1 Å². The number of nitrogens with zero attached hydrogens (tertiary/aromatic N) is 1. The van der Waals surface area contributed by atoms with Crippen molar-refractivity contribution in [1.29, 1.82) is 0 Å². The molecule has 0 aliphatic carbocycles. The van der Waals surface area contributed by atoms with Gasteiger partial charge in [-0.3, -0.25) is 4.98 Å². The molecule has 0 saturated heterocycles. The number of hydrogen-bond acceptors (Lipinski definition) is 2. The molecule has 1 atom stereocenters. The largest absolute Gasteiger partial charge is 0.310 e. The van der Waals surface area contributed by atoms with E-state index in [0.717, 1.165) is 12.5 Å². The molecule has 0 bridgehead atoms. The van der Waals surface area contributed by atoms with Crippen LogP contribution in [0.4, 0.5) is 0 Å². The van der Waals surface area contributed by atoms with Crippen molar-refractivity contribution in [1.82, 2.24) is 10.3 Å². The number of nitrogens with one attached hydrogen (secondary N) is 1. The van der Waals surface area contributed by atoms with Crippen LogP contribution in [0.5, 0.6) is 0 Å². The van der Waals surface area contributed by atoms with E-state index in [0.29, 0.717) is 6.04 Å². The fraction of sp³-hybridized carbons (Fsp3) is 0.667. The number of hydrogen-bond donors (Lipinski definition) is 1. The minimum atomic E-state index is 0.486. The van der Waals surface area contributed by atoms with Crippen LogP contribution in [-0.2, 0) is 0 Å². The van der Waals surface area contributed by atoms with Gasteiger partial charge < -0.3 is 5.32 Å². The maximum Gasteiger partial charge on any atom is 0.0324 e. The molecule has 0 amide bonds. The molecule has 96 valence electrons. The van der Waals surface area contributed by atoms with E-state index >= 15 is 0 Å². The zero-order valence-electron chi connectivity index (χ0n) is 11.7. The van der Waals surface area contributed by atoms with Crippen LogP contribution < -0.4 is 5.32 Å². The summed E-state index contributed by atoms with van der Waals surface area (Å²) in [6.07, 6.45) is 7.53. The van der Waals surface area contributed by atoms with Crippen molar-refractivity contribution in [3.63, 3.8) is 0 Å². The third-order valence-electron chi connectivity index (χ3n) is 3.11. The average molecular weight is 234 g/mol. The molecule has 1 aromatic heterocycles. The van der Waals surface area contributed by atoms with Crippen LogP contribution in [0.15, 0.2) is 18.5 Å². The number of pyridine rings is 1. The van der Waals surface area contributed by atoms with Gasteiger partial charge in [0.1, 0.15) is 0 Å². The van der Waals surface area contributed by atoms with Crippen molar-refractivity contribution < 1.29 is 0 Å². The van der Waals surface area contributed by atoms with E-state index in [9.17, 15) is 0 Å². The Morgan fingerprint density at radius 1 is 1.29 bits per heavy atom. The molecule has 2 nitrogen and oxygen atoms in total. The first-order chi connectivity index (χ1) is 8.15. The molecular formula is C15H26N2. The van der Waals surface area contributed by atoms with Crippen LogP contribution in [0.3, 0.4) is 0 Å². The Kier molecular flexibility index (Phi) is 6.20. The first-order valence-corrected chi connectivity index (χ1v) is 6.79. The van der Waals surface area contributed by atoms with E-state index in [1.54, 1.807) is 0 Å². The predicted octanol–water partition coefficient (Wildman–Crippen LogP) is 3.87. The highest BCUT2D eigenvalue weighted by atomic mass is 14.9. The van der Waals surface area contributed by atoms with Gasteiger partial charge in [0.2, 0.25) is 0 Å². The molecule has 0 aliphatic rings. The van der Waals surface area contributed by atoms with Crippen molar-refractivity contribution in [3.05, 3.63) is 29.6 Å². The summed E-state index contributed by atoms with van der Waals surface area (Å²) >= 11 is 0. The molecule has 2 heteroatoms. The lowest BCUT2D eigenvalue weighted by atomic mass is 9.95. The summed E-state index contributed by atoms with van der Waals surface area (Å²) in [6.45, 7) is 10.0. The van der Waals surface area contributed by atoms with Gasteiger partial charge in [-0.05, 0) is 55.8 Å². The highest BCUT2D eigenvalue weighted by Crippen LogP contribution is 2.23. The summed E-state index contributed by atoms with van der Waals surface area (Å²) in [4.78, 5) is 4.18. The number of aryl methyl sites for hydroxylation is 1. The summed E-state index contributed by atoms with van der Waals surface area (Å²) in [6, 6.07) is 2.64. The van der Waals surface area contributed by atoms with Crippen LogP contribution in [0.1, 0.15) is 57.2 Å². The predicted molar refractivity (Wildman–Crippen MR) is 74.1 cm³/mol. The van der Waals surface area contributed by atoms with E-state index < -0.39 is 0 Å². The second-order valence-electron chi connectivity index (χ2n) is 5.21. The van der Waals surface area contributed by atoms with Gasteiger partial charge in [-0.1, -0.05) is 20.8 Å². The fourth-order valence-electron chi connectivity index (χ4n) is 2.06. The summed E-state index contributed by atoms with van der Waals surface area (Å²) in [5.74, 6) is 0.767. The minimum absolute atomic E-state index is 0.486. The van der Waals surface area contributed by atoms with Crippen LogP contribution in [0, 0.1) is 12.8 Å². The van der Waals surface area contributed by atoms with Gasteiger partial charge in [0.15, 0.2) is 0 Å². The Bertz CT molecular complexity index is 320. The molecule has 1 rings (SSSR count). The monoisotopic (exact) mass is 234 g/mol. The van der Waals surface area contributed by atoms with Gasteiger partial charge in [-0.15, -0.1) is 0 Å². The van der Waals surface area contributed by atoms with E-state index in [1.165, 1.54) is 30.4 Å². The van der Waals surface area contributed by atoms with E-state index in [1.807, 2.05) is 12.4 Å². The smallest absolute Gasteiger partial charge is 0.0324 e. The Hall–Kier alpha value is -0.890. The third kappa shape index (κ3) is 4.86.